The molecular weight excluding hydrogens is 569 g/mol. The number of amides is 2. The Kier molecular flexibility index (Phi) is 9.95. The lowest BCUT2D eigenvalue weighted by Crippen LogP contribution is -2.41. The number of ether oxygens (including phenoxy) is 1. The van der Waals surface area contributed by atoms with E-state index in [9.17, 15) is 18.8 Å². The zero-order valence-corrected chi connectivity index (χ0v) is 26.3. The van der Waals surface area contributed by atoms with Gasteiger partial charge in [0, 0.05) is 18.7 Å². The number of fused-ring (bicyclic) bond motifs is 1. The maximum Gasteiger partial charge on any atom is 0.407 e. The Balaban J connectivity index is 1.75. The van der Waals surface area contributed by atoms with Gasteiger partial charge in [0.25, 0.3) is 11.5 Å². The minimum absolute atomic E-state index is 0.188. The molecule has 9 nitrogen and oxygen atoms in total. The van der Waals surface area contributed by atoms with Crippen LogP contribution >= 0.6 is 11.5 Å². The fourth-order valence-electron chi connectivity index (χ4n) is 4.84. The molecule has 4 aromatic rings. The molecule has 1 atom stereocenters. The van der Waals surface area contributed by atoms with Gasteiger partial charge in [0.2, 0.25) is 0 Å². The highest BCUT2D eigenvalue weighted by Crippen LogP contribution is 2.28. The summed E-state index contributed by atoms with van der Waals surface area (Å²) in [4.78, 5) is 47.2. The van der Waals surface area contributed by atoms with Crippen LogP contribution in [0.5, 0.6) is 0 Å². The van der Waals surface area contributed by atoms with Crippen LogP contribution in [0.2, 0.25) is 0 Å². The smallest absolute Gasteiger partial charge is 0.407 e. The van der Waals surface area contributed by atoms with E-state index in [0.29, 0.717) is 40.1 Å². The van der Waals surface area contributed by atoms with Crippen molar-refractivity contribution in [3.05, 3.63) is 92.9 Å². The number of alkyl carbamates (subject to hydrolysis) is 1. The van der Waals surface area contributed by atoms with Crippen LogP contribution < -0.4 is 10.9 Å². The summed E-state index contributed by atoms with van der Waals surface area (Å²) in [6.45, 7) is 11.4. The van der Waals surface area contributed by atoms with Crippen molar-refractivity contribution < 1.29 is 18.7 Å². The van der Waals surface area contributed by atoms with Crippen LogP contribution in [-0.4, -0.2) is 49.5 Å². The molecule has 4 rings (SSSR count). The molecular formula is C32H38FN5O4S. The second-order valence-electron chi connectivity index (χ2n) is 11.5. The maximum absolute atomic E-state index is 14.6. The summed E-state index contributed by atoms with van der Waals surface area (Å²) in [5.74, 6) is -0.455. The number of carbonyl (C=O) groups is 2. The SMILES string of the molecule is CCC(c1nc2snc(C)c2c(=O)n1Cc1ccccc1)N(CCCNC(=O)OC(C)(C)C)C(=O)c1ccc(C)c(F)c1. The Morgan fingerprint density at radius 1 is 1.14 bits per heavy atom. The van der Waals surface area contributed by atoms with Gasteiger partial charge in [-0.15, -0.1) is 0 Å². The third-order valence-electron chi connectivity index (χ3n) is 6.96. The first-order chi connectivity index (χ1) is 20.4. The van der Waals surface area contributed by atoms with Gasteiger partial charge in [-0.05, 0) is 82.3 Å². The molecule has 0 aliphatic heterocycles. The highest BCUT2D eigenvalue weighted by atomic mass is 32.1. The average Bonchev–Trinajstić information content (AvgIpc) is 3.33. The minimum Gasteiger partial charge on any atom is -0.444 e. The number of hydrogen-bond donors (Lipinski definition) is 1. The summed E-state index contributed by atoms with van der Waals surface area (Å²) >= 11 is 1.15. The van der Waals surface area contributed by atoms with Gasteiger partial charge in [0.05, 0.1) is 23.7 Å². The molecule has 0 aliphatic rings. The van der Waals surface area contributed by atoms with Crippen LogP contribution in [-0.2, 0) is 11.3 Å². The van der Waals surface area contributed by atoms with Gasteiger partial charge in [-0.1, -0.05) is 43.3 Å². The number of nitrogens with one attached hydrogen (secondary N) is 1. The normalized spacial score (nSPS) is 12.3. The van der Waals surface area contributed by atoms with Gasteiger partial charge in [-0.25, -0.2) is 14.2 Å². The molecule has 2 amide bonds. The second kappa shape index (κ2) is 13.5. The molecule has 2 heterocycles. The Hall–Kier alpha value is -4.12. The number of aromatic nitrogens is 3. The molecule has 0 radical (unpaired) electrons. The fourth-order valence-corrected chi connectivity index (χ4v) is 5.62. The Labute approximate surface area is 254 Å². The number of aryl methyl sites for hydroxylation is 2. The van der Waals surface area contributed by atoms with Crippen LogP contribution in [0.4, 0.5) is 9.18 Å². The summed E-state index contributed by atoms with van der Waals surface area (Å²) in [5, 5.41) is 3.19. The van der Waals surface area contributed by atoms with Crippen LogP contribution in [0.1, 0.15) is 79.6 Å². The van der Waals surface area contributed by atoms with E-state index in [1.54, 1.807) is 56.2 Å². The van der Waals surface area contributed by atoms with Gasteiger partial charge in [0.1, 0.15) is 17.2 Å². The van der Waals surface area contributed by atoms with Crippen molar-refractivity contribution in [2.45, 2.75) is 72.6 Å². The van der Waals surface area contributed by atoms with Crippen molar-refractivity contribution in [3.63, 3.8) is 0 Å². The molecule has 11 heteroatoms. The number of nitrogens with zero attached hydrogens (tertiary/aromatic N) is 4. The minimum atomic E-state index is -0.642. The van der Waals surface area contributed by atoms with Gasteiger partial charge in [-0.3, -0.25) is 14.2 Å². The van der Waals surface area contributed by atoms with Crippen molar-refractivity contribution >= 4 is 33.7 Å². The Morgan fingerprint density at radius 2 is 1.86 bits per heavy atom. The Bertz CT molecular complexity index is 1660. The van der Waals surface area contributed by atoms with E-state index < -0.39 is 29.5 Å². The molecule has 228 valence electrons. The van der Waals surface area contributed by atoms with Gasteiger partial charge in [-0.2, -0.15) is 4.37 Å². The zero-order chi connectivity index (χ0) is 31.3. The Morgan fingerprint density at radius 3 is 2.51 bits per heavy atom. The monoisotopic (exact) mass is 607 g/mol. The molecule has 0 fully saturated rings. The van der Waals surface area contributed by atoms with E-state index in [0.717, 1.165) is 17.1 Å². The van der Waals surface area contributed by atoms with Crippen LogP contribution in [0, 0.1) is 19.7 Å². The second-order valence-corrected chi connectivity index (χ2v) is 12.2. The van der Waals surface area contributed by atoms with Crippen LogP contribution in [0.3, 0.4) is 0 Å². The molecule has 0 spiro atoms. The van der Waals surface area contributed by atoms with E-state index in [2.05, 4.69) is 9.69 Å². The number of carbonyl (C=O) groups excluding carboxylic acids is 2. The number of hydrogen-bond acceptors (Lipinski definition) is 7. The summed E-state index contributed by atoms with van der Waals surface area (Å²) < 4.78 is 25.9. The number of benzene rings is 2. The lowest BCUT2D eigenvalue weighted by molar-refractivity contribution is 0.0523. The molecule has 0 saturated carbocycles. The standard InChI is InChI=1S/C32H38FN5O4S/c1-7-25(27-35-28-26(21(3)36-43-28)30(40)38(27)19-22-12-9-8-10-13-22)37(17-11-16-34-31(41)42-32(4,5)6)29(39)23-15-14-20(2)24(33)18-23/h8-10,12-15,18,25H,7,11,16-17,19H2,1-6H3,(H,34,41). The average molecular weight is 608 g/mol. The summed E-state index contributed by atoms with van der Waals surface area (Å²) in [7, 11) is 0. The lowest BCUT2D eigenvalue weighted by Gasteiger charge is -2.32. The maximum atomic E-state index is 14.6. The molecule has 0 bridgehead atoms. The van der Waals surface area contributed by atoms with Crippen molar-refractivity contribution in [1.29, 1.82) is 0 Å². The molecule has 0 aliphatic carbocycles. The van der Waals surface area contributed by atoms with E-state index >= 15 is 0 Å². The predicted molar refractivity (Wildman–Crippen MR) is 166 cm³/mol. The third kappa shape index (κ3) is 7.64. The van der Waals surface area contributed by atoms with Crippen LogP contribution in [0.15, 0.2) is 53.3 Å². The topological polar surface area (TPSA) is 106 Å². The van der Waals surface area contributed by atoms with Gasteiger partial charge < -0.3 is 15.0 Å². The van der Waals surface area contributed by atoms with Gasteiger partial charge in [0.15, 0.2) is 4.83 Å². The summed E-state index contributed by atoms with van der Waals surface area (Å²) in [6.07, 6.45) is 0.271. The molecule has 43 heavy (non-hydrogen) atoms. The first-order valence-electron chi connectivity index (χ1n) is 14.3. The molecule has 2 aromatic heterocycles. The predicted octanol–water partition coefficient (Wildman–Crippen LogP) is 6.17. The largest absolute Gasteiger partial charge is 0.444 e. The number of halogens is 1. The van der Waals surface area contributed by atoms with Crippen molar-refractivity contribution in [3.8, 4) is 0 Å². The van der Waals surface area contributed by atoms with Gasteiger partial charge >= 0.3 is 6.09 Å². The highest BCUT2D eigenvalue weighted by molar-refractivity contribution is 7.12. The van der Waals surface area contributed by atoms with Crippen molar-refractivity contribution in [2.24, 2.45) is 0 Å². The van der Waals surface area contributed by atoms with Crippen molar-refractivity contribution in [2.75, 3.05) is 13.1 Å². The first-order valence-corrected chi connectivity index (χ1v) is 15.1. The molecule has 1 unspecified atom stereocenters. The molecule has 0 saturated heterocycles. The summed E-state index contributed by atoms with van der Waals surface area (Å²) in [5.41, 5.74) is 1.26. The number of rotatable bonds is 10. The lowest BCUT2D eigenvalue weighted by atomic mass is 10.1. The van der Waals surface area contributed by atoms with E-state index in [-0.39, 0.29) is 30.8 Å². The van der Waals surface area contributed by atoms with E-state index in [1.165, 1.54) is 6.07 Å². The molecule has 2 aromatic carbocycles. The summed E-state index contributed by atoms with van der Waals surface area (Å²) in [6, 6.07) is 13.4. The van der Waals surface area contributed by atoms with E-state index in [4.69, 9.17) is 9.72 Å². The third-order valence-corrected chi connectivity index (χ3v) is 7.80. The fraction of sp³-hybridized carbons (Fsp3) is 0.406. The first kappa shape index (κ1) is 31.8. The quantitative estimate of drug-likeness (QED) is 0.216. The van der Waals surface area contributed by atoms with E-state index in [1.807, 2.05) is 37.3 Å². The van der Waals surface area contributed by atoms with Crippen LogP contribution in [0.25, 0.3) is 10.2 Å². The molecule has 1 N–H and O–H groups in total. The van der Waals surface area contributed by atoms with Crippen molar-refractivity contribution in [1.82, 2.24) is 24.1 Å². The highest BCUT2D eigenvalue weighted by Gasteiger charge is 2.30. The zero-order valence-electron chi connectivity index (χ0n) is 25.4.